The van der Waals surface area contributed by atoms with Crippen LogP contribution >= 0.6 is 11.8 Å². The zero-order valence-corrected chi connectivity index (χ0v) is 15.8. The Kier molecular flexibility index (Phi) is 5.84. The van der Waals surface area contributed by atoms with Crippen LogP contribution in [0.25, 0.3) is 5.69 Å². The van der Waals surface area contributed by atoms with Crippen LogP contribution in [0.5, 0.6) is 5.75 Å². The number of benzene rings is 2. The van der Waals surface area contributed by atoms with E-state index in [1.54, 1.807) is 32.2 Å². The highest BCUT2D eigenvalue weighted by Gasteiger charge is 2.17. The second-order valence-electron chi connectivity index (χ2n) is 5.59. The molecule has 11 heteroatoms. The highest BCUT2D eigenvalue weighted by molar-refractivity contribution is 7.99. The number of aromatic nitrogens is 4. The van der Waals surface area contributed by atoms with E-state index in [4.69, 9.17) is 4.74 Å². The van der Waals surface area contributed by atoms with E-state index in [1.807, 2.05) is 12.1 Å². The third kappa shape index (κ3) is 4.09. The van der Waals surface area contributed by atoms with Crippen LogP contribution in [-0.4, -0.2) is 43.9 Å². The Bertz CT molecular complexity index is 1020. The van der Waals surface area contributed by atoms with E-state index >= 15 is 0 Å². The Balaban J connectivity index is 1.71. The number of nitro groups is 1. The molecule has 0 bridgehead atoms. The number of ether oxygens (including phenoxy) is 1. The Hall–Kier alpha value is -3.47. The fraction of sp³-hybridized carbons (Fsp3) is 0.176. The van der Waals surface area contributed by atoms with Crippen LogP contribution in [0, 0.1) is 17.0 Å². The number of rotatable bonds is 7. The lowest BCUT2D eigenvalue weighted by Gasteiger charge is -2.10. The van der Waals surface area contributed by atoms with Crippen LogP contribution in [0.3, 0.4) is 0 Å². The average molecular weight is 400 g/mol. The summed E-state index contributed by atoms with van der Waals surface area (Å²) in [5.41, 5.74) is 1.38. The summed E-state index contributed by atoms with van der Waals surface area (Å²) in [5.74, 6) is 0.286. The van der Waals surface area contributed by atoms with Crippen LogP contribution in [0.1, 0.15) is 5.56 Å². The van der Waals surface area contributed by atoms with Gasteiger partial charge in [0.25, 0.3) is 5.69 Å². The maximum Gasteiger partial charge on any atom is 0.274 e. The van der Waals surface area contributed by atoms with Crippen LogP contribution in [0.2, 0.25) is 0 Å². The minimum absolute atomic E-state index is 0.0255. The second kappa shape index (κ2) is 8.48. The zero-order valence-electron chi connectivity index (χ0n) is 15.0. The minimum Gasteiger partial charge on any atom is -0.494 e. The summed E-state index contributed by atoms with van der Waals surface area (Å²) in [4.78, 5) is 22.8. The molecule has 0 fully saturated rings. The van der Waals surface area contributed by atoms with Gasteiger partial charge in [-0.2, -0.15) is 4.68 Å². The monoisotopic (exact) mass is 400 g/mol. The number of nitrogens with one attached hydrogen (secondary N) is 1. The number of nitrogens with zero attached hydrogens (tertiary/aromatic N) is 5. The molecule has 10 nitrogen and oxygen atoms in total. The Morgan fingerprint density at radius 1 is 1.29 bits per heavy atom. The van der Waals surface area contributed by atoms with Crippen molar-refractivity contribution in [1.29, 1.82) is 0 Å². The fourth-order valence-corrected chi connectivity index (χ4v) is 3.18. The number of anilines is 1. The molecule has 0 radical (unpaired) electrons. The SMILES string of the molecule is COc1ccccc1-n1nnnc1SCC(=O)Nc1cccc([N+](=O)[O-])c1C. The molecule has 0 aliphatic carbocycles. The molecule has 0 saturated carbocycles. The van der Waals surface area contributed by atoms with Crippen LogP contribution < -0.4 is 10.1 Å². The van der Waals surface area contributed by atoms with Gasteiger partial charge in [-0.3, -0.25) is 14.9 Å². The number of hydrogen-bond donors (Lipinski definition) is 1. The zero-order chi connectivity index (χ0) is 20.1. The van der Waals surface area contributed by atoms with Gasteiger partial charge >= 0.3 is 0 Å². The normalized spacial score (nSPS) is 10.5. The summed E-state index contributed by atoms with van der Waals surface area (Å²) in [6.07, 6.45) is 0. The molecule has 0 aliphatic rings. The molecule has 2 aromatic carbocycles. The van der Waals surface area contributed by atoms with Gasteiger partial charge in [-0.25, -0.2) is 0 Å². The van der Waals surface area contributed by atoms with Gasteiger partial charge in [-0.15, -0.1) is 5.10 Å². The lowest BCUT2D eigenvalue weighted by atomic mass is 10.1. The van der Waals surface area contributed by atoms with E-state index in [9.17, 15) is 14.9 Å². The fourth-order valence-electron chi connectivity index (χ4n) is 2.50. The van der Waals surface area contributed by atoms with Crippen molar-refractivity contribution in [2.75, 3.05) is 18.2 Å². The largest absolute Gasteiger partial charge is 0.494 e. The van der Waals surface area contributed by atoms with E-state index in [-0.39, 0.29) is 17.3 Å². The van der Waals surface area contributed by atoms with Crippen molar-refractivity contribution in [3.8, 4) is 11.4 Å². The number of para-hydroxylation sites is 2. The molecule has 3 rings (SSSR count). The van der Waals surface area contributed by atoms with Crippen molar-refractivity contribution in [1.82, 2.24) is 20.2 Å². The number of tetrazole rings is 1. The maximum atomic E-state index is 12.3. The number of amides is 1. The molecule has 1 amide bonds. The van der Waals surface area contributed by atoms with Crippen molar-refractivity contribution in [3.63, 3.8) is 0 Å². The van der Waals surface area contributed by atoms with Crippen molar-refractivity contribution >= 4 is 29.0 Å². The topological polar surface area (TPSA) is 125 Å². The predicted octanol–water partition coefficient (Wildman–Crippen LogP) is 2.62. The molecule has 28 heavy (non-hydrogen) atoms. The summed E-state index contributed by atoms with van der Waals surface area (Å²) in [5, 5.41) is 25.7. The molecule has 0 saturated heterocycles. The average Bonchev–Trinajstić information content (AvgIpc) is 3.16. The molecule has 3 aromatic rings. The van der Waals surface area contributed by atoms with Gasteiger partial charge in [0.1, 0.15) is 11.4 Å². The molecule has 0 atom stereocenters. The first-order valence-corrected chi connectivity index (χ1v) is 9.08. The summed E-state index contributed by atoms with van der Waals surface area (Å²) in [7, 11) is 1.55. The molecule has 0 spiro atoms. The van der Waals surface area contributed by atoms with E-state index < -0.39 is 4.92 Å². The van der Waals surface area contributed by atoms with Gasteiger partial charge in [0.15, 0.2) is 0 Å². The molecule has 1 aromatic heterocycles. The Labute approximate surface area is 164 Å². The molecular weight excluding hydrogens is 384 g/mol. The second-order valence-corrected chi connectivity index (χ2v) is 6.53. The number of thioether (sulfide) groups is 1. The predicted molar refractivity (Wildman–Crippen MR) is 103 cm³/mol. The van der Waals surface area contributed by atoms with Crippen LogP contribution in [-0.2, 0) is 4.79 Å². The van der Waals surface area contributed by atoms with Gasteiger partial charge in [0.05, 0.1) is 29.0 Å². The lowest BCUT2D eigenvalue weighted by molar-refractivity contribution is -0.385. The molecular formula is C17H16N6O4S. The molecule has 0 unspecified atom stereocenters. The van der Waals surface area contributed by atoms with Crippen molar-refractivity contribution < 1.29 is 14.5 Å². The van der Waals surface area contributed by atoms with Gasteiger partial charge in [0.2, 0.25) is 11.1 Å². The Morgan fingerprint density at radius 2 is 2.07 bits per heavy atom. The first kappa shape index (κ1) is 19.3. The highest BCUT2D eigenvalue weighted by Crippen LogP contribution is 2.27. The lowest BCUT2D eigenvalue weighted by Crippen LogP contribution is -2.15. The number of nitro benzene ring substituents is 1. The first-order valence-electron chi connectivity index (χ1n) is 8.09. The van der Waals surface area contributed by atoms with E-state index in [2.05, 4.69) is 20.8 Å². The standard InChI is InChI=1S/C17H16N6O4S/c1-11-12(6-5-8-13(11)23(25)26)18-16(24)10-28-17-19-20-21-22(17)14-7-3-4-9-15(14)27-2/h3-9H,10H2,1-2H3,(H,18,24). The van der Waals surface area contributed by atoms with Crippen LogP contribution in [0.4, 0.5) is 11.4 Å². The summed E-state index contributed by atoms with van der Waals surface area (Å²) in [6.45, 7) is 1.59. The third-order valence-corrected chi connectivity index (χ3v) is 4.78. The summed E-state index contributed by atoms with van der Waals surface area (Å²) in [6, 6.07) is 11.8. The van der Waals surface area contributed by atoms with Crippen molar-refractivity contribution in [2.45, 2.75) is 12.1 Å². The molecule has 0 aliphatic heterocycles. The maximum absolute atomic E-state index is 12.3. The first-order chi connectivity index (χ1) is 13.5. The van der Waals surface area contributed by atoms with Gasteiger partial charge in [-0.1, -0.05) is 30.0 Å². The van der Waals surface area contributed by atoms with Gasteiger partial charge in [0, 0.05) is 6.07 Å². The van der Waals surface area contributed by atoms with Gasteiger partial charge in [-0.05, 0) is 35.5 Å². The molecule has 1 heterocycles. The highest BCUT2D eigenvalue weighted by atomic mass is 32.2. The minimum atomic E-state index is -0.485. The quantitative estimate of drug-likeness (QED) is 0.364. The summed E-state index contributed by atoms with van der Waals surface area (Å²) >= 11 is 1.14. The molecule has 1 N–H and O–H groups in total. The summed E-state index contributed by atoms with van der Waals surface area (Å²) < 4.78 is 6.79. The van der Waals surface area contributed by atoms with E-state index in [0.29, 0.717) is 27.8 Å². The number of methoxy groups -OCH3 is 1. The Morgan fingerprint density at radius 3 is 2.82 bits per heavy atom. The van der Waals surface area contributed by atoms with Gasteiger partial charge < -0.3 is 10.1 Å². The third-order valence-electron chi connectivity index (χ3n) is 3.86. The number of hydrogen-bond acceptors (Lipinski definition) is 8. The van der Waals surface area contributed by atoms with Crippen molar-refractivity contribution in [3.05, 3.63) is 58.1 Å². The van der Waals surface area contributed by atoms with E-state index in [1.165, 1.54) is 16.8 Å². The number of carbonyl (C=O) groups excluding carboxylic acids is 1. The smallest absolute Gasteiger partial charge is 0.274 e. The van der Waals surface area contributed by atoms with Crippen LogP contribution in [0.15, 0.2) is 47.6 Å². The molecule has 144 valence electrons. The van der Waals surface area contributed by atoms with E-state index in [0.717, 1.165) is 11.8 Å². The number of carbonyl (C=O) groups is 1. The van der Waals surface area contributed by atoms with Crippen molar-refractivity contribution in [2.24, 2.45) is 0 Å².